The SMILES string of the molecule is COCCN(Cc1cccn1C)C(=O)CN(CC(C)C)C(=O)Nc1ccc(F)c(F)c1. The Morgan fingerprint density at radius 3 is 2.48 bits per heavy atom. The number of carbonyl (C=O) groups is 2. The quantitative estimate of drug-likeness (QED) is 0.620. The number of hydrogen-bond donors (Lipinski definition) is 1. The number of methoxy groups -OCH3 is 1. The first-order valence-corrected chi connectivity index (χ1v) is 10.1. The molecule has 3 amide bonds. The molecule has 31 heavy (non-hydrogen) atoms. The Kier molecular flexibility index (Phi) is 8.99. The first kappa shape index (κ1) is 24.3. The van der Waals surface area contributed by atoms with Crippen molar-refractivity contribution >= 4 is 17.6 Å². The van der Waals surface area contributed by atoms with Crippen LogP contribution < -0.4 is 5.32 Å². The van der Waals surface area contributed by atoms with Gasteiger partial charge in [0.05, 0.1) is 13.2 Å². The molecule has 0 aliphatic heterocycles. The lowest BCUT2D eigenvalue weighted by Gasteiger charge is -2.29. The summed E-state index contributed by atoms with van der Waals surface area (Å²) >= 11 is 0. The van der Waals surface area contributed by atoms with Gasteiger partial charge in [-0.15, -0.1) is 0 Å². The van der Waals surface area contributed by atoms with Crippen LogP contribution in [0.3, 0.4) is 0 Å². The van der Waals surface area contributed by atoms with E-state index in [4.69, 9.17) is 4.74 Å². The Balaban J connectivity index is 2.13. The molecule has 0 spiro atoms. The molecule has 7 nitrogen and oxygen atoms in total. The molecule has 0 fully saturated rings. The number of anilines is 1. The number of carbonyl (C=O) groups excluding carboxylic acids is 2. The summed E-state index contributed by atoms with van der Waals surface area (Å²) < 4.78 is 33.7. The molecule has 1 aromatic heterocycles. The fourth-order valence-electron chi connectivity index (χ4n) is 3.05. The molecule has 0 radical (unpaired) electrons. The van der Waals surface area contributed by atoms with Gasteiger partial charge in [0.15, 0.2) is 11.6 Å². The third-order valence-electron chi connectivity index (χ3n) is 4.69. The fraction of sp³-hybridized carbons (Fsp3) is 0.455. The van der Waals surface area contributed by atoms with Gasteiger partial charge in [-0.05, 0) is 30.2 Å². The Morgan fingerprint density at radius 2 is 1.90 bits per heavy atom. The van der Waals surface area contributed by atoms with Gasteiger partial charge in [-0.1, -0.05) is 13.8 Å². The number of nitrogens with zero attached hydrogens (tertiary/aromatic N) is 3. The van der Waals surface area contributed by atoms with Crippen LogP contribution in [-0.2, 0) is 23.1 Å². The van der Waals surface area contributed by atoms with Gasteiger partial charge in [-0.2, -0.15) is 0 Å². The number of aryl methyl sites for hydroxylation is 1. The number of halogens is 2. The number of rotatable bonds is 10. The highest BCUT2D eigenvalue weighted by Crippen LogP contribution is 2.15. The van der Waals surface area contributed by atoms with Gasteiger partial charge < -0.3 is 24.4 Å². The van der Waals surface area contributed by atoms with Crippen molar-refractivity contribution in [2.45, 2.75) is 20.4 Å². The highest BCUT2D eigenvalue weighted by Gasteiger charge is 2.23. The number of hydrogen-bond acceptors (Lipinski definition) is 3. The molecule has 0 saturated carbocycles. The molecule has 1 N–H and O–H groups in total. The average molecular weight is 437 g/mol. The van der Waals surface area contributed by atoms with Crippen molar-refractivity contribution in [3.63, 3.8) is 0 Å². The third-order valence-corrected chi connectivity index (χ3v) is 4.69. The van der Waals surface area contributed by atoms with E-state index in [2.05, 4.69) is 5.32 Å². The van der Waals surface area contributed by atoms with Gasteiger partial charge in [0, 0.05) is 50.9 Å². The first-order valence-electron chi connectivity index (χ1n) is 10.1. The van der Waals surface area contributed by atoms with E-state index in [0.717, 1.165) is 17.8 Å². The largest absolute Gasteiger partial charge is 0.383 e. The average Bonchev–Trinajstić information content (AvgIpc) is 3.11. The second-order valence-corrected chi connectivity index (χ2v) is 7.75. The summed E-state index contributed by atoms with van der Waals surface area (Å²) in [6.07, 6.45) is 1.90. The summed E-state index contributed by atoms with van der Waals surface area (Å²) in [4.78, 5) is 28.9. The van der Waals surface area contributed by atoms with Gasteiger partial charge in [0.2, 0.25) is 5.91 Å². The molecule has 1 heterocycles. The summed E-state index contributed by atoms with van der Waals surface area (Å²) in [6, 6.07) is 6.38. The molecule has 0 aliphatic carbocycles. The van der Waals surface area contributed by atoms with Crippen LogP contribution in [0.2, 0.25) is 0 Å². The molecule has 0 atom stereocenters. The van der Waals surface area contributed by atoms with Crippen molar-refractivity contribution in [3.8, 4) is 0 Å². The predicted octanol–water partition coefficient (Wildman–Crippen LogP) is 3.47. The molecule has 9 heteroatoms. The molecule has 0 unspecified atom stereocenters. The zero-order chi connectivity index (χ0) is 23.0. The summed E-state index contributed by atoms with van der Waals surface area (Å²) in [7, 11) is 3.46. The molecular formula is C22H30F2N4O3. The summed E-state index contributed by atoms with van der Waals surface area (Å²) in [5.74, 6) is -2.19. The van der Waals surface area contributed by atoms with Crippen molar-refractivity contribution in [2.24, 2.45) is 13.0 Å². The van der Waals surface area contributed by atoms with E-state index in [1.807, 2.05) is 43.8 Å². The predicted molar refractivity (Wildman–Crippen MR) is 114 cm³/mol. The van der Waals surface area contributed by atoms with Crippen LogP contribution in [0.25, 0.3) is 0 Å². The van der Waals surface area contributed by atoms with Crippen LogP contribution in [0, 0.1) is 17.6 Å². The zero-order valence-corrected chi connectivity index (χ0v) is 18.4. The maximum atomic E-state index is 13.5. The molecule has 2 rings (SSSR count). The number of aromatic nitrogens is 1. The van der Waals surface area contributed by atoms with Gasteiger partial charge >= 0.3 is 6.03 Å². The van der Waals surface area contributed by atoms with Crippen molar-refractivity contribution in [3.05, 3.63) is 53.9 Å². The molecule has 0 aliphatic rings. The van der Waals surface area contributed by atoms with Crippen molar-refractivity contribution in [1.29, 1.82) is 0 Å². The Labute approximate surface area is 181 Å². The number of benzene rings is 1. The standard InChI is InChI=1S/C22H30F2N4O3/c1-16(2)13-28(22(30)25-17-7-8-19(23)20(24)12-17)15-21(29)27(10-11-31-4)14-18-6-5-9-26(18)3/h5-9,12,16H,10-11,13-15H2,1-4H3,(H,25,30). The number of amides is 3. The van der Waals surface area contributed by atoms with Gasteiger partial charge in [-0.25, -0.2) is 13.6 Å². The minimum Gasteiger partial charge on any atom is -0.383 e. The highest BCUT2D eigenvalue weighted by molar-refractivity contribution is 5.92. The highest BCUT2D eigenvalue weighted by atomic mass is 19.2. The third kappa shape index (κ3) is 7.36. The van der Waals surface area contributed by atoms with Crippen LogP contribution in [-0.4, -0.2) is 59.7 Å². The van der Waals surface area contributed by atoms with Gasteiger partial charge in [-0.3, -0.25) is 4.79 Å². The monoisotopic (exact) mass is 436 g/mol. The van der Waals surface area contributed by atoms with E-state index >= 15 is 0 Å². The lowest BCUT2D eigenvalue weighted by atomic mass is 10.2. The maximum Gasteiger partial charge on any atom is 0.322 e. The second kappa shape index (κ2) is 11.5. The minimum atomic E-state index is -1.06. The number of urea groups is 1. The Bertz CT molecular complexity index is 885. The molecule has 2 aromatic rings. The van der Waals surface area contributed by atoms with Crippen LogP contribution in [0.4, 0.5) is 19.3 Å². The van der Waals surface area contributed by atoms with Crippen molar-refractivity contribution in [2.75, 3.05) is 38.7 Å². The van der Waals surface area contributed by atoms with Crippen LogP contribution in [0.1, 0.15) is 19.5 Å². The van der Waals surface area contributed by atoms with Crippen molar-refractivity contribution in [1.82, 2.24) is 14.4 Å². The molecule has 1 aromatic carbocycles. The van der Waals surface area contributed by atoms with E-state index < -0.39 is 17.7 Å². The molecular weight excluding hydrogens is 406 g/mol. The van der Waals surface area contributed by atoms with Crippen LogP contribution in [0.5, 0.6) is 0 Å². The normalized spacial score (nSPS) is 10.9. The second-order valence-electron chi connectivity index (χ2n) is 7.75. The minimum absolute atomic E-state index is 0.101. The fourth-order valence-corrected chi connectivity index (χ4v) is 3.05. The topological polar surface area (TPSA) is 66.8 Å². The van der Waals surface area contributed by atoms with E-state index in [1.165, 1.54) is 11.0 Å². The van der Waals surface area contributed by atoms with Gasteiger partial charge in [0.25, 0.3) is 0 Å². The lowest BCUT2D eigenvalue weighted by molar-refractivity contribution is -0.133. The summed E-state index contributed by atoms with van der Waals surface area (Å²) in [5.41, 5.74) is 1.07. The smallest absolute Gasteiger partial charge is 0.322 e. The summed E-state index contributed by atoms with van der Waals surface area (Å²) in [5, 5.41) is 2.54. The number of nitrogens with one attached hydrogen (secondary N) is 1. The first-order chi connectivity index (χ1) is 14.7. The van der Waals surface area contributed by atoms with Crippen LogP contribution >= 0.6 is 0 Å². The summed E-state index contributed by atoms with van der Waals surface area (Å²) in [6.45, 7) is 5.14. The Morgan fingerprint density at radius 1 is 1.16 bits per heavy atom. The molecule has 170 valence electrons. The van der Waals surface area contributed by atoms with E-state index in [-0.39, 0.29) is 24.1 Å². The van der Waals surface area contributed by atoms with E-state index in [9.17, 15) is 18.4 Å². The van der Waals surface area contributed by atoms with Crippen LogP contribution in [0.15, 0.2) is 36.5 Å². The van der Waals surface area contributed by atoms with Crippen molar-refractivity contribution < 1.29 is 23.1 Å². The molecule has 0 bridgehead atoms. The number of ether oxygens (including phenoxy) is 1. The van der Waals surface area contributed by atoms with E-state index in [0.29, 0.717) is 26.2 Å². The molecule has 0 saturated heterocycles. The lowest BCUT2D eigenvalue weighted by Crippen LogP contribution is -2.46. The zero-order valence-electron chi connectivity index (χ0n) is 18.4. The Hall–Kier alpha value is -2.94. The van der Waals surface area contributed by atoms with Gasteiger partial charge in [0.1, 0.15) is 6.54 Å². The maximum absolute atomic E-state index is 13.5. The van der Waals surface area contributed by atoms with E-state index in [1.54, 1.807) is 12.0 Å².